The summed E-state index contributed by atoms with van der Waals surface area (Å²) >= 11 is 1.48. The molecule has 1 aliphatic carbocycles. The fourth-order valence-electron chi connectivity index (χ4n) is 2.35. The lowest BCUT2D eigenvalue weighted by molar-refractivity contribution is 0.0833. The Kier molecular flexibility index (Phi) is 5.11. The Morgan fingerprint density at radius 2 is 2.19 bits per heavy atom. The molecule has 5 nitrogen and oxygen atoms in total. The van der Waals surface area contributed by atoms with E-state index < -0.39 is 0 Å². The third kappa shape index (κ3) is 3.49. The summed E-state index contributed by atoms with van der Waals surface area (Å²) in [4.78, 5) is 14.5. The zero-order chi connectivity index (χ0) is 15.6. The first kappa shape index (κ1) is 16.1. The van der Waals surface area contributed by atoms with Gasteiger partial charge in [0.15, 0.2) is 0 Å². The van der Waals surface area contributed by atoms with Crippen LogP contribution in [0.4, 0.5) is 10.7 Å². The zero-order valence-electron chi connectivity index (χ0n) is 13.2. The van der Waals surface area contributed by atoms with Gasteiger partial charge in [-0.3, -0.25) is 4.79 Å². The van der Waals surface area contributed by atoms with E-state index in [9.17, 15) is 4.79 Å². The molecule has 21 heavy (non-hydrogen) atoms. The molecule has 1 heterocycles. The van der Waals surface area contributed by atoms with Gasteiger partial charge >= 0.3 is 0 Å². The molecule has 2 rings (SSSR count). The zero-order valence-corrected chi connectivity index (χ0v) is 14.0. The Morgan fingerprint density at radius 1 is 1.52 bits per heavy atom. The van der Waals surface area contributed by atoms with Gasteiger partial charge in [0.25, 0.3) is 5.91 Å². The number of amides is 1. The SMILES string of the molecule is CCC(COC)Nc1sc(C(=O)N(C)C)c(N)c1C1CC1. The van der Waals surface area contributed by atoms with E-state index in [0.717, 1.165) is 29.8 Å². The van der Waals surface area contributed by atoms with Gasteiger partial charge in [-0.2, -0.15) is 0 Å². The maximum absolute atomic E-state index is 12.3. The van der Waals surface area contributed by atoms with E-state index in [0.29, 0.717) is 23.1 Å². The number of thiophene rings is 1. The molecule has 6 heteroatoms. The fourth-order valence-corrected chi connectivity index (χ4v) is 3.66. The van der Waals surface area contributed by atoms with Crippen LogP contribution in [0.2, 0.25) is 0 Å². The lowest BCUT2D eigenvalue weighted by Crippen LogP contribution is -2.23. The number of nitrogen functional groups attached to an aromatic ring is 1. The Morgan fingerprint density at radius 3 is 2.67 bits per heavy atom. The maximum Gasteiger partial charge on any atom is 0.265 e. The van der Waals surface area contributed by atoms with Gasteiger partial charge < -0.3 is 20.7 Å². The van der Waals surface area contributed by atoms with Crippen LogP contribution in [-0.4, -0.2) is 44.7 Å². The van der Waals surface area contributed by atoms with Crippen molar-refractivity contribution in [2.45, 2.75) is 38.1 Å². The van der Waals surface area contributed by atoms with Crippen LogP contribution < -0.4 is 11.1 Å². The van der Waals surface area contributed by atoms with Crippen molar-refractivity contribution in [3.8, 4) is 0 Å². The lowest BCUT2D eigenvalue weighted by Gasteiger charge is -2.17. The molecule has 0 spiro atoms. The first-order chi connectivity index (χ1) is 9.99. The lowest BCUT2D eigenvalue weighted by atomic mass is 10.1. The van der Waals surface area contributed by atoms with Crippen molar-refractivity contribution < 1.29 is 9.53 Å². The standard InChI is InChI=1S/C15H25N3O2S/c1-5-10(8-20-4)17-14-11(9-6-7-9)12(16)13(21-14)15(19)18(2)3/h9-10,17H,5-8,16H2,1-4H3. The number of hydrogen-bond acceptors (Lipinski definition) is 5. The summed E-state index contributed by atoms with van der Waals surface area (Å²) in [6, 6.07) is 0.243. The number of carbonyl (C=O) groups is 1. The Labute approximate surface area is 130 Å². The van der Waals surface area contributed by atoms with Crippen molar-refractivity contribution in [1.29, 1.82) is 0 Å². The number of nitrogens with one attached hydrogen (secondary N) is 1. The monoisotopic (exact) mass is 311 g/mol. The maximum atomic E-state index is 12.3. The van der Waals surface area contributed by atoms with Crippen LogP contribution in [0.5, 0.6) is 0 Å². The van der Waals surface area contributed by atoms with Crippen molar-refractivity contribution in [3.63, 3.8) is 0 Å². The first-order valence-electron chi connectivity index (χ1n) is 7.38. The van der Waals surface area contributed by atoms with Crippen LogP contribution in [0.15, 0.2) is 0 Å². The minimum absolute atomic E-state index is 0.0211. The number of methoxy groups -OCH3 is 1. The number of hydrogen-bond donors (Lipinski definition) is 2. The van der Waals surface area contributed by atoms with Gasteiger partial charge in [-0.05, 0) is 25.2 Å². The van der Waals surface area contributed by atoms with E-state index in [2.05, 4.69) is 12.2 Å². The summed E-state index contributed by atoms with van der Waals surface area (Å²) in [5.74, 6) is 0.486. The van der Waals surface area contributed by atoms with E-state index in [1.165, 1.54) is 11.3 Å². The van der Waals surface area contributed by atoms with Crippen molar-refractivity contribution in [2.75, 3.05) is 38.9 Å². The third-order valence-electron chi connectivity index (χ3n) is 3.77. The van der Waals surface area contributed by atoms with Crippen LogP contribution >= 0.6 is 11.3 Å². The molecule has 1 fully saturated rings. The Balaban J connectivity index is 2.31. The van der Waals surface area contributed by atoms with Crippen LogP contribution in [0, 0.1) is 0 Å². The molecule has 0 saturated heterocycles. The number of nitrogens with zero attached hydrogens (tertiary/aromatic N) is 1. The number of nitrogens with two attached hydrogens (primary N) is 1. The molecule has 1 unspecified atom stereocenters. The van der Waals surface area contributed by atoms with E-state index in [-0.39, 0.29) is 11.9 Å². The van der Waals surface area contributed by atoms with E-state index in [1.807, 2.05) is 0 Å². The molecule has 1 aromatic rings. The van der Waals surface area contributed by atoms with Gasteiger partial charge in [-0.25, -0.2) is 0 Å². The highest BCUT2D eigenvalue weighted by Gasteiger charge is 2.33. The molecule has 0 aliphatic heterocycles. The second-order valence-corrected chi connectivity index (χ2v) is 6.79. The molecular weight excluding hydrogens is 286 g/mol. The summed E-state index contributed by atoms with van der Waals surface area (Å²) in [6.45, 7) is 2.77. The van der Waals surface area contributed by atoms with E-state index in [4.69, 9.17) is 10.5 Å². The summed E-state index contributed by atoms with van der Waals surface area (Å²) < 4.78 is 5.24. The van der Waals surface area contributed by atoms with Crippen LogP contribution in [0.25, 0.3) is 0 Å². The molecular formula is C15H25N3O2S. The predicted molar refractivity (Wildman–Crippen MR) is 88.3 cm³/mol. The van der Waals surface area contributed by atoms with Crippen molar-refractivity contribution in [3.05, 3.63) is 10.4 Å². The first-order valence-corrected chi connectivity index (χ1v) is 8.20. The Bertz CT molecular complexity index is 509. The molecule has 1 atom stereocenters. The average Bonchev–Trinajstić information content (AvgIpc) is 3.22. The second kappa shape index (κ2) is 6.66. The smallest absolute Gasteiger partial charge is 0.265 e. The van der Waals surface area contributed by atoms with Gasteiger partial charge in [0.2, 0.25) is 0 Å². The van der Waals surface area contributed by atoms with Crippen LogP contribution in [0.1, 0.15) is 47.3 Å². The van der Waals surface area contributed by atoms with Crippen molar-refractivity contribution in [2.24, 2.45) is 0 Å². The normalized spacial score (nSPS) is 15.8. The molecule has 0 aromatic carbocycles. The largest absolute Gasteiger partial charge is 0.397 e. The van der Waals surface area contributed by atoms with Gasteiger partial charge in [-0.1, -0.05) is 6.92 Å². The topological polar surface area (TPSA) is 67.6 Å². The highest BCUT2D eigenvalue weighted by molar-refractivity contribution is 7.18. The highest BCUT2D eigenvalue weighted by Crippen LogP contribution is 2.51. The number of ether oxygens (including phenoxy) is 1. The predicted octanol–water partition coefficient (Wildman–Crippen LogP) is 2.75. The minimum Gasteiger partial charge on any atom is -0.397 e. The van der Waals surface area contributed by atoms with Crippen LogP contribution in [0.3, 0.4) is 0 Å². The van der Waals surface area contributed by atoms with Crippen LogP contribution in [-0.2, 0) is 4.74 Å². The van der Waals surface area contributed by atoms with E-state index >= 15 is 0 Å². The summed E-state index contributed by atoms with van der Waals surface area (Å²) in [6.07, 6.45) is 3.28. The van der Waals surface area contributed by atoms with Crippen molar-refractivity contribution >= 4 is 27.9 Å². The van der Waals surface area contributed by atoms with Gasteiger partial charge in [0.1, 0.15) is 4.88 Å². The molecule has 1 amide bonds. The number of carbonyl (C=O) groups excluding carboxylic acids is 1. The summed E-state index contributed by atoms with van der Waals surface area (Å²) in [5, 5.41) is 4.56. The molecule has 3 N–H and O–H groups in total. The van der Waals surface area contributed by atoms with Gasteiger partial charge in [-0.15, -0.1) is 11.3 Å². The van der Waals surface area contributed by atoms with E-state index in [1.54, 1.807) is 26.1 Å². The van der Waals surface area contributed by atoms with Gasteiger partial charge in [0.05, 0.1) is 17.3 Å². The minimum atomic E-state index is -0.0211. The summed E-state index contributed by atoms with van der Waals surface area (Å²) in [7, 11) is 5.21. The molecule has 1 aliphatic rings. The molecule has 0 bridgehead atoms. The van der Waals surface area contributed by atoms with Gasteiger partial charge in [0, 0.05) is 32.8 Å². The fraction of sp³-hybridized carbons (Fsp3) is 0.667. The third-order valence-corrected chi connectivity index (χ3v) is 4.91. The second-order valence-electron chi connectivity index (χ2n) is 5.77. The number of rotatable bonds is 7. The molecule has 1 aromatic heterocycles. The average molecular weight is 311 g/mol. The quantitative estimate of drug-likeness (QED) is 0.812. The summed E-state index contributed by atoms with van der Waals surface area (Å²) in [5.41, 5.74) is 8.07. The molecule has 1 saturated carbocycles. The number of anilines is 2. The molecule has 0 radical (unpaired) electrons. The van der Waals surface area contributed by atoms with Crippen molar-refractivity contribution in [1.82, 2.24) is 4.90 Å². The highest BCUT2D eigenvalue weighted by atomic mass is 32.1. The molecule has 118 valence electrons. The Hall–Kier alpha value is -1.27.